The summed E-state index contributed by atoms with van der Waals surface area (Å²) in [6.07, 6.45) is 2.83. The van der Waals surface area contributed by atoms with Crippen LogP contribution in [0.25, 0.3) is 0 Å². The van der Waals surface area contributed by atoms with E-state index >= 15 is 0 Å². The van der Waals surface area contributed by atoms with Crippen molar-refractivity contribution < 1.29 is 4.74 Å². The summed E-state index contributed by atoms with van der Waals surface area (Å²) >= 11 is 0. The summed E-state index contributed by atoms with van der Waals surface area (Å²) < 4.78 is 5.10. The monoisotopic (exact) mass is 216 g/mol. The molecule has 0 radical (unpaired) electrons. The molecule has 2 aliphatic heterocycles. The van der Waals surface area contributed by atoms with Crippen molar-refractivity contribution in [3.05, 3.63) is 0 Å². The molecule has 2 rings (SSSR count). The van der Waals surface area contributed by atoms with Crippen LogP contribution in [-0.2, 0) is 4.74 Å². The number of nitrogens with zero attached hydrogens (tertiary/aromatic N) is 2. The van der Waals surface area contributed by atoms with Gasteiger partial charge in [0.15, 0.2) is 0 Å². The van der Waals surface area contributed by atoms with Gasteiger partial charge in [-0.3, -0.25) is 0 Å². The molecular formula is C12H28N2O. The van der Waals surface area contributed by atoms with Gasteiger partial charge >= 0.3 is 0 Å². The van der Waals surface area contributed by atoms with Crippen LogP contribution in [0.1, 0.15) is 26.7 Å². The van der Waals surface area contributed by atoms with Gasteiger partial charge < -0.3 is 14.5 Å². The lowest BCUT2D eigenvalue weighted by Gasteiger charge is -2.21. The zero-order chi connectivity index (χ0) is 11.5. The Morgan fingerprint density at radius 3 is 1.33 bits per heavy atom. The van der Waals surface area contributed by atoms with E-state index in [1.165, 1.54) is 25.9 Å². The number of likely N-dealkylation sites (tertiary alicyclic amines) is 1. The second-order valence-electron chi connectivity index (χ2n) is 3.93. The normalized spacial score (nSPS) is 22.4. The van der Waals surface area contributed by atoms with E-state index in [9.17, 15) is 0 Å². The molecule has 0 aromatic heterocycles. The Hall–Kier alpha value is -0.120. The third kappa shape index (κ3) is 8.85. The van der Waals surface area contributed by atoms with Crippen LogP contribution in [0.5, 0.6) is 0 Å². The molecule has 3 nitrogen and oxygen atoms in total. The molecule has 0 atom stereocenters. The van der Waals surface area contributed by atoms with E-state index in [-0.39, 0.29) is 0 Å². The number of morpholine rings is 1. The summed E-state index contributed by atoms with van der Waals surface area (Å²) in [4.78, 5) is 4.63. The molecule has 92 valence electrons. The van der Waals surface area contributed by atoms with Gasteiger partial charge in [0.2, 0.25) is 0 Å². The largest absolute Gasteiger partial charge is 0.379 e. The minimum Gasteiger partial charge on any atom is -0.379 e. The van der Waals surface area contributed by atoms with Gasteiger partial charge in [-0.15, -0.1) is 0 Å². The number of hydrogen-bond acceptors (Lipinski definition) is 3. The summed E-state index contributed by atoms with van der Waals surface area (Å²) in [7, 11) is 4.29. The highest BCUT2D eigenvalue weighted by atomic mass is 16.5. The van der Waals surface area contributed by atoms with Crippen LogP contribution in [0.15, 0.2) is 0 Å². The van der Waals surface area contributed by atoms with Gasteiger partial charge in [-0.1, -0.05) is 13.8 Å². The third-order valence-corrected chi connectivity index (χ3v) is 2.56. The quantitative estimate of drug-likeness (QED) is 0.613. The van der Waals surface area contributed by atoms with Gasteiger partial charge in [0.1, 0.15) is 0 Å². The van der Waals surface area contributed by atoms with Gasteiger partial charge in [0.25, 0.3) is 0 Å². The van der Waals surface area contributed by atoms with Crippen LogP contribution < -0.4 is 0 Å². The maximum atomic E-state index is 5.10. The Labute approximate surface area is 95.4 Å². The lowest BCUT2D eigenvalue weighted by atomic mass is 10.4. The minimum absolute atomic E-state index is 0.913. The molecule has 0 saturated carbocycles. The molecule has 0 aromatic carbocycles. The molecule has 0 amide bonds. The van der Waals surface area contributed by atoms with E-state index in [4.69, 9.17) is 4.74 Å². The second kappa shape index (κ2) is 10.4. The zero-order valence-electron chi connectivity index (χ0n) is 11.0. The van der Waals surface area contributed by atoms with Crippen LogP contribution in [0.3, 0.4) is 0 Å². The van der Waals surface area contributed by atoms with Crippen molar-refractivity contribution in [3.8, 4) is 0 Å². The smallest absolute Gasteiger partial charge is 0.0594 e. The lowest BCUT2D eigenvalue weighted by Crippen LogP contribution is -2.32. The zero-order valence-corrected chi connectivity index (χ0v) is 11.0. The Morgan fingerprint density at radius 2 is 1.13 bits per heavy atom. The molecule has 0 N–H and O–H groups in total. The van der Waals surface area contributed by atoms with E-state index < -0.39 is 0 Å². The lowest BCUT2D eigenvalue weighted by molar-refractivity contribution is 0.0503. The number of likely N-dealkylation sites (N-methyl/N-ethyl adjacent to an activating group) is 1. The van der Waals surface area contributed by atoms with Crippen LogP contribution in [0.2, 0.25) is 0 Å². The SMILES string of the molecule is CC.CN1CCCC1.CN1CCOCC1. The molecule has 0 aliphatic carbocycles. The summed E-state index contributed by atoms with van der Waals surface area (Å²) in [5.74, 6) is 0. The fraction of sp³-hybridized carbons (Fsp3) is 1.00. The third-order valence-electron chi connectivity index (χ3n) is 2.56. The minimum atomic E-state index is 0.913. The van der Waals surface area contributed by atoms with Gasteiger partial charge in [-0.25, -0.2) is 0 Å². The Balaban J connectivity index is 0.000000227. The van der Waals surface area contributed by atoms with Crippen molar-refractivity contribution in [2.24, 2.45) is 0 Å². The molecule has 2 aliphatic rings. The molecule has 0 spiro atoms. The van der Waals surface area contributed by atoms with Crippen molar-refractivity contribution in [1.82, 2.24) is 9.80 Å². The molecule has 0 bridgehead atoms. The Bertz CT molecular complexity index is 119. The molecule has 2 fully saturated rings. The first-order valence-corrected chi connectivity index (χ1v) is 6.24. The topological polar surface area (TPSA) is 15.7 Å². The average Bonchev–Trinajstić information content (AvgIpc) is 2.74. The highest BCUT2D eigenvalue weighted by Crippen LogP contribution is 2.02. The molecule has 3 heteroatoms. The number of hydrogen-bond donors (Lipinski definition) is 0. The molecule has 0 unspecified atom stereocenters. The standard InChI is InChI=1S/C5H11NO.C5H11N.C2H6/c1-6-2-4-7-5-3-6;1-6-4-2-3-5-6;1-2/h2-5H2,1H3;2-5H2,1H3;1-2H3. The Kier molecular flexibility index (Phi) is 10.3. The van der Waals surface area contributed by atoms with Gasteiger partial charge in [-0.05, 0) is 40.0 Å². The predicted molar refractivity (Wildman–Crippen MR) is 66.4 cm³/mol. The van der Waals surface area contributed by atoms with Crippen molar-refractivity contribution in [2.75, 3.05) is 53.5 Å². The Morgan fingerprint density at radius 1 is 0.733 bits per heavy atom. The van der Waals surface area contributed by atoms with Crippen LogP contribution in [0, 0.1) is 0 Å². The molecule has 0 aromatic rings. The van der Waals surface area contributed by atoms with Gasteiger partial charge in [0, 0.05) is 13.1 Å². The van der Waals surface area contributed by atoms with E-state index in [1.54, 1.807) is 0 Å². The van der Waals surface area contributed by atoms with Crippen molar-refractivity contribution in [3.63, 3.8) is 0 Å². The maximum absolute atomic E-state index is 5.10. The van der Waals surface area contributed by atoms with Crippen molar-refractivity contribution >= 4 is 0 Å². The molecule has 2 saturated heterocycles. The molecule has 2 heterocycles. The van der Waals surface area contributed by atoms with E-state index in [0.29, 0.717) is 0 Å². The summed E-state index contributed by atoms with van der Waals surface area (Å²) in [6.45, 7) is 10.7. The first kappa shape index (κ1) is 14.9. The number of ether oxygens (including phenoxy) is 1. The van der Waals surface area contributed by atoms with Crippen LogP contribution >= 0.6 is 0 Å². The highest BCUT2D eigenvalue weighted by molar-refractivity contribution is 4.59. The molecular weight excluding hydrogens is 188 g/mol. The van der Waals surface area contributed by atoms with E-state index in [1.807, 2.05) is 13.8 Å². The summed E-state index contributed by atoms with van der Waals surface area (Å²) in [6, 6.07) is 0. The van der Waals surface area contributed by atoms with Gasteiger partial charge in [-0.2, -0.15) is 0 Å². The van der Waals surface area contributed by atoms with E-state index in [0.717, 1.165) is 26.3 Å². The van der Waals surface area contributed by atoms with E-state index in [2.05, 4.69) is 23.9 Å². The average molecular weight is 216 g/mol. The van der Waals surface area contributed by atoms with Crippen molar-refractivity contribution in [2.45, 2.75) is 26.7 Å². The highest BCUT2D eigenvalue weighted by Gasteiger charge is 2.03. The maximum Gasteiger partial charge on any atom is 0.0594 e. The van der Waals surface area contributed by atoms with Crippen LogP contribution in [-0.4, -0.2) is 63.3 Å². The first-order valence-electron chi connectivity index (χ1n) is 6.24. The first-order chi connectivity index (χ1) is 7.29. The van der Waals surface area contributed by atoms with Crippen molar-refractivity contribution in [1.29, 1.82) is 0 Å². The molecule has 15 heavy (non-hydrogen) atoms. The summed E-state index contributed by atoms with van der Waals surface area (Å²) in [5, 5.41) is 0. The fourth-order valence-corrected chi connectivity index (χ4v) is 1.53. The second-order valence-corrected chi connectivity index (χ2v) is 3.93. The predicted octanol–water partition coefficient (Wildman–Crippen LogP) is 1.69. The fourth-order valence-electron chi connectivity index (χ4n) is 1.53. The number of rotatable bonds is 0. The summed E-state index contributed by atoms with van der Waals surface area (Å²) in [5.41, 5.74) is 0. The van der Waals surface area contributed by atoms with Crippen LogP contribution in [0.4, 0.5) is 0 Å². The van der Waals surface area contributed by atoms with Gasteiger partial charge in [0.05, 0.1) is 13.2 Å².